The van der Waals surface area contributed by atoms with Crippen LogP contribution in [-0.2, 0) is 9.53 Å². The highest BCUT2D eigenvalue weighted by Crippen LogP contribution is 2.23. The van der Waals surface area contributed by atoms with Gasteiger partial charge in [-0.2, -0.15) is 0 Å². The van der Waals surface area contributed by atoms with Gasteiger partial charge in [0, 0.05) is 10.3 Å². The van der Waals surface area contributed by atoms with Crippen LogP contribution in [0.25, 0.3) is 0 Å². The summed E-state index contributed by atoms with van der Waals surface area (Å²) < 4.78 is 4.65. The summed E-state index contributed by atoms with van der Waals surface area (Å²) in [5.41, 5.74) is 5.75. The zero-order valence-corrected chi connectivity index (χ0v) is 12.3. The number of anilines is 1. The Kier molecular flexibility index (Phi) is 4.70. The second-order valence-electron chi connectivity index (χ2n) is 3.89. The van der Waals surface area contributed by atoms with E-state index >= 15 is 0 Å². The number of hydrogen-bond acceptors (Lipinski definition) is 7. The second-order valence-corrected chi connectivity index (χ2v) is 5.76. The lowest BCUT2D eigenvalue weighted by molar-refractivity contribution is -0.141. The van der Waals surface area contributed by atoms with Crippen LogP contribution in [0.5, 0.6) is 0 Å². The number of nitrogens with two attached hydrogens (primary N) is 1. The molecule has 3 N–H and O–H groups in total. The fourth-order valence-corrected chi connectivity index (χ4v) is 2.91. The summed E-state index contributed by atoms with van der Waals surface area (Å²) in [6.07, 6.45) is 0.0718. The van der Waals surface area contributed by atoms with Crippen LogP contribution in [0.4, 0.5) is 5.13 Å². The first-order chi connectivity index (χ1) is 9.60. The van der Waals surface area contributed by atoms with Crippen molar-refractivity contribution >= 4 is 39.7 Å². The lowest BCUT2D eigenvalue weighted by Crippen LogP contribution is -2.30. The number of rotatable bonds is 5. The van der Waals surface area contributed by atoms with Gasteiger partial charge in [0.25, 0.3) is 5.91 Å². The number of carbonyl (C=O) groups is 2. The van der Waals surface area contributed by atoms with Gasteiger partial charge in [0.15, 0.2) is 5.13 Å². The van der Waals surface area contributed by atoms with Crippen LogP contribution in [0.15, 0.2) is 22.9 Å². The van der Waals surface area contributed by atoms with Crippen molar-refractivity contribution in [2.45, 2.75) is 12.5 Å². The monoisotopic (exact) mass is 311 g/mol. The number of ether oxygens (including phenoxy) is 1. The van der Waals surface area contributed by atoms with Gasteiger partial charge in [-0.3, -0.25) is 9.59 Å². The van der Waals surface area contributed by atoms with E-state index in [1.807, 2.05) is 17.5 Å². The molecule has 106 valence electrons. The Hall–Kier alpha value is -1.93. The number of aromatic nitrogens is 1. The summed E-state index contributed by atoms with van der Waals surface area (Å²) in [6.45, 7) is 0. The molecule has 0 aliphatic rings. The third kappa shape index (κ3) is 3.55. The molecule has 0 aliphatic carbocycles. The van der Waals surface area contributed by atoms with E-state index in [9.17, 15) is 9.59 Å². The van der Waals surface area contributed by atoms with Gasteiger partial charge in [-0.25, -0.2) is 4.98 Å². The van der Waals surface area contributed by atoms with Crippen molar-refractivity contribution in [2.24, 2.45) is 0 Å². The molecule has 0 aromatic carbocycles. The Morgan fingerprint density at radius 1 is 1.50 bits per heavy atom. The molecule has 0 bridgehead atoms. The van der Waals surface area contributed by atoms with Gasteiger partial charge in [0.2, 0.25) is 0 Å². The first-order valence-corrected chi connectivity index (χ1v) is 7.48. The van der Waals surface area contributed by atoms with Crippen molar-refractivity contribution in [2.75, 3.05) is 12.8 Å². The number of nitrogens with one attached hydrogen (secondary N) is 1. The van der Waals surface area contributed by atoms with Crippen LogP contribution >= 0.6 is 22.7 Å². The quantitative estimate of drug-likeness (QED) is 0.821. The van der Waals surface area contributed by atoms with E-state index in [0.717, 1.165) is 4.88 Å². The van der Waals surface area contributed by atoms with Crippen LogP contribution < -0.4 is 11.1 Å². The molecule has 6 nitrogen and oxygen atoms in total. The lowest BCUT2D eigenvalue weighted by atomic mass is 10.1. The summed E-state index contributed by atoms with van der Waals surface area (Å²) >= 11 is 2.65. The molecule has 1 atom stereocenters. The lowest BCUT2D eigenvalue weighted by Gasteiger charge is -2.15. The van der Waals surface area contributed by atoms with Gasteiger partial charge in [-0.1, -0.05) is 6.07 Å². The smallest absolute Gasteiger partial charge is 0.307 e. The van der Waals surface area contributed by atoms with Gasteiger partial charge < -0.3 is 15.8 Å². The minimum absolute atomic E-state index is 0.0718. The highest BCUT2D eigenvalue weighted by molar-refractivity contribution is 7.13. The van der Waals surface area contributed by atoms with E-state index in [-0.39, 0.29) is 24.0 Å². The number of hydrogen-bond donors (Lipinski definition) is 2. The van der Waals surface area contributed by atoms with E-state index < -0.39 is 6.04 Å². The molecule has 20 heavy (non-hydrogen) atoms. The largest absolute Gasteiger partial charge is 0.469 e. The SMILES string of the molecule is COC(=O)CC(NC(=O)c1csc(N)n1)c1cccs1. The number of nitrogens with zero attached hydrogens (tertiary/aromatic N) is 1. The Morgan fingerprint density at radius 3 is 2.85 bits per heavy atom. The first kappa shape index (κ1) is 14.5. The van der Waals surface area contributed by atoms with Gasteiger partial charge in [-0.05, 0) is 11.4 Å². The molecular weight excluding hydrogens is 298 g/mol. The van der Waals surface area contributed by atoms with E-state index in [0.29, 0.717) is 5.13 Å². The van der Waals surface area contributed by atoms with Crippen molar-refractivity contribution < 1.29 is 14.3 Å². The number of amides is 1. The van der Waals surface area contributed by atoms with Crippen LogP contribution in [0.1, 0.15) is 27.8 Å². The van der Waals surface area contributed by atoms with E-state index in [1.54, 1.807) is 5.38 Å². The van der Waals surface area contributed by atoms with Crippen molar-refractivity contribution in [3.63, 3.8) is 0 Å². The van der Waals surface area contributed by atoms with Crippen LogP contribution in [0.3, 0.4) is 0 Å². The number of nitrogen functional groups attached to an aromatic ring is 1. The minimum Gasteiger partial charge on any atom is -0.469 e. The zero-order valence-electron chi connectivity index (χ0n) is 10.7. The zero-order chi connectivity index (χ0) is 14.5. The number of methoxy groups -OCH3 is 1. The summed E-state index contributed by atoms with van der Waals surface area (Å²) in [7, 11) is 1.32. The molecule has 0 fully saturated rings. The normalized spacial score (nSPS) is 11.8. The van der Waals surface area contributed by atoms with Crippen molar-refractivity contribution in [1.82, 2.24) is 10.3 Å². The maximum atomic E-state index is 12.1. The number of carbonyl (C=O) groups excluding carboxylic acids is 2. The Bertz CT molecular complexity index is 595. The van der Waals surface area contributed by atoms with E-state index in [1.165, 1.54) is 29.8 Å². The molecule has 0 saturated carbocycles. The molecule has 2 aromatic heterocycles. The van der Waals surface area contributed by atoms with Crippen molar-refractivity contribution in [3.05, 3.63) is 33.5 Å². The highest BCUT2D eigenvalue weighted by Gasteiger charge is 2.21. The fraction of sp³-hybridized carbons (Fsp3) is 0.250. The van der Waals surface area contributed by atoms with Crippen LogP contribution in [0, 0.1) is 0 Å². The first-order valence-electron chi connectivity index (χ1n) is 5.72. The molecular formula is C12H13N3O3S2. The summed E-state index contributed by atoms with van der Waals surface area (Å²) in [6, 6.07) is 3.28. The molecule has 0 spiro atoms. The highest BCUT2D eigenvalue weighted by atomic mass is 32.1. The predicted octanol–water partition coefficient (Wildman–Crippen LogP) is 1.82. The molecule has 0 radical (unpaired) electrons. The molecule has 2 heterocycles. The van der Waals surface area contributed by atoms with Gasteiger partial charge >= 0.3 is 5.97 Å². The Morgan fingerprint density at radius 2 is 2.30 bits per heavy atom. The number of thiazole rings is 1. The Labute approximate surface area is 123 Å². The molecule has 1 unspecified atom stereocenters. The average Bonchev–Trinajstić information content (AvgIpc) is 3.08. The second kappa shape index (κ2) is 6.49. The van der Waals surface area contributed by atoms with Crippen LogP contribution in [-0.4, -0.2) is 24.0 Å². The van der Waals surface area contributed by atoms with Crippen LogP contribution in [0.2, 0.25) is 0 Å². The molecule has 0 aliphatic heterocycles. The van der Waals surface area contributed by atoms with Crippen molar-refractivity contribution in [1.29, 1.82) is 0 Å². The average molecular weight is 311 g/mol. The maximum absolute atomic E-state index is 12.1. The maximum Gasteiger partial charge on any atom is 0.307 e. The third-order valence-corrected chi connectivity index (χ3v) is 4.20. The van der Waals surface area contributed by atoms with Gasteiger partial charge in [0.1, 0.15) is 5.69 Å². The minimum atomic E-state index is -0.433. The van der Waals surface area contributed by atoms with Gasteiger partial charge in [-0.15, -0.1) is 22.7 Å². The molecule has 0 saturated heterocycles. The van der Waals surface area contributed by atoms with E-state index in [2.05, 4.69) is 15.0 Å². The fourth-order valence-electron chi connectivity index (χ4n) is 1.59. The Balaban J connectivity index is 2.11. The summed E-state index contributed by atoms with van der Waals surface area (Å²) in [5.74, 6) is -0.748. The molecule has 2 aromatic rings. The molecule has 2 rings (SSSR count). The predicted molar refractivity (Wildman–Crippen MR) is 77.7 cm³/mol. The van der Waals surface area contributed by atoms with Crippen molar-refractivity contribution in [3.8, 4) is 0 Å². The topological polar surface area (TPSA) is 94.3 Å². The molecule has 1 amide bonds. The summed E-state index contributed by atoms with van der Waals surface area (Å²) in [4.78, 5) is 28.3. The summed E-state index contributed by atoms with van der Waals surface area (Å²) in [5, 5.41) is 6.56. The standard InChI is InChI=1S/C12H13N3O3S2/c1-18-10(16)5-7(9-3-2-4-19-9)14-11(17)8-6-20-12(13)15-8/h2-4,6-7H,5H2,1H3,(H2,13,15)(H,14,17). The number of thiophene rings is 1. The number of esters is 1. The van der Waals surface area contributed by atoms with E-state index in [4.69, 9.17) is 5.73 Å². The van der Waals surface area contributed by atoms with Gasteiger partial charge in [0.05, 0.1) is 19.6 Å². The molecule has 8 heteroatoms. The third-order valence-electron chi connectivity index (χ3n) is 2.54.